The molecular formula is C10H15N3O. The van der Waals surface area contributed by atoms with E-state index >= 15 is 0 Å². The lowest BCUT2D eigenvalue weighted by molar-refractivity contribution is 0.0890. The lowest BCUT2D eigenvalue weighted by atomic mass is 9.93. The molecule has 4 heteroatoms. The molecule has 0 spiro atoms. The molecule has 1 saturated heterocycles. The molecule has 0 bridgehead atoms. The Morgan fingerprint density at radius 1 is 1.71 bits per heavy atom. The van der Waals surface area contributed by atoms with Crippen LogP contribution in [0.4, 0.5) is 0 Å². The molecule has 2 rings (SSSR count). The maximum atomic E-state index is 12.0. The van der Waals surface area contributed by atoms with Gasteiger partial charge in [0.2, 0.25) is 0 Å². The van der Waals surface area contributed by atoms with Crippen molar-refractivity contribution in [3.8, 4) is 0 Å². The first-order valence-electron chi connectivity index (χ1n) is 5.02. The van der Waals surface area contributed by atoms with Crippen LogP contribution in [0.15, 0.2) is 12.3 Å². The molecule has 2 heterocycles. The maximum absolute atomic E-state index is 12.0. The van der Waals surface area contributed by atoms with Gasteiger partial charge in [-0.15, -0.1) is 0 Å². The second-order valence-corrected chi connectivity index (χ2v) is 3.75. The normalized spacial score (nSPS) is 22.2. The number of hydrogen-bond acceptors (Lipinski definition) is 3. The van der Waals surface area contributed by atoms with Gasteiger partial charge in [0, 0.05) is 25.7 Å². The van der Waals surface area contributed by atoms with Gasteiger partial charge in [-0.3, -0.25) is 9.48 Å². The van der Waals surface area contributed by atoms with Gasteiger partial charge in [0.1, 0.15) is 5.69 Å². The molecule has 0 radical (unpaired) electrons. The van der Waals surface area contributed by atoms with Gasteiger partial charge in [-0.05, 0) is 25.5 Å². The van der Waals surface area contributed by atoms with Crippen LogP contribution in [-0.2, 0) is 7.05 Å². The highest BCUT2D eigenvalue weighted by molar-refractivity contribution is 5.96. The molecule has 1 N–H and O–H groups in total. The lowest BCUT2D eigenvalue weighted by Gasteiger charge is -2.21. The molecule has 0 saturated carbocycles. The van der Waals surface area contributed by atoms with Crippen LogP contribution in [0.3, 0.4) is 0 Å². The third-order valence-electron chi connectivity index (χ3n) is 2.74. The molecule has 0 amide bonds. The molecule has 1 unspecified atom stereocenters. The quantitative estimate of drug-likeness (QED) is 0.700. The van der Waals surface area contributed by atoms with Crippen LogP contribution < -0.4 is 5.32 Å². The summed E-state index contributed by atoms with van der Waals surface area (Å²) < 4.78 is 1.65. The van der Waals surface area contributed by atoms with Crippen LogP contribution in [0.5, 0.6) is 0 Å². The van der Waals surface area contributed by atoms with E-state index in [4.69, 9.17) is 0 Å². The molecule has 1 fully saturated rings. The highest BCUT2D eigenvalue weighted by atomic mass is 16.1. The molecular weight excluding hydrogens is 178 g/mol. The first-order valence-corrected chi connectivity index (χ1v) is 5.02. The Morgan fingerprint density at radius 2 is 2.57 bits per heavy atom. The van der Waals surface area contributed by atoms with Crippen LogP contribution in [0.2, 0.25) is 0 Å². The number of carbonyl (C=O) groups is 1. The zero-order chi connectivity index (χ0) is 9.97. The van der Waals surface area contributed by atoms with Gasteiger partial charge < -0.3 is 5.32 Å². The van der Waals surface area contributed by atoms with E-state index in [0.717, 1.165) is 31.6 Å². The number of nitrogens with one attached hydrogen (secondary N) is 1. The summed E-state index contributed by atoms with van der Waals surface area (Å²) in [6.45, 7) is 1.85. The fraction of sp³-hybridized carbons (Fsp3) is 0.600. The number of aryl methyl sites for hydroxylation is 1. The van der Waals surface area contributed by atoms with E-state index in [0.29, 0.717) is 0 Å². The first-order chi connectivity index (χ1) is 6.79. The summed E-state index contributed by atoms with van der Waals surface area (Å²) >= 11 is 0. The fourth-order valence-corrected chi connectivity index (χ4v) is 1.90. The van der Waals surface area contributed by atoms with Crippen molar-refractivity contribution in [1.29, 1.82) is 0 Å². The Labute approximate surface area is 83.3 Å². The number of rotatable bonds is 2. The third-order valence-corrected chi connectivity index (χ3v) is 2.74. The van der Waals surface area contributed by atoms with E-state index in [1.54, 1.807) is 16.9 Å². The number of piperidine rings is 1. The molecule has 4 nitrogen and oxygen atoms in total. The summed E-state index contributed by atoms with van der Waals surface area (Å²) in [6, 6.07) is 1.79. The smallest absolute Gasteiger partial charge is 0.185 e. The van der Waals surface area contributed by atoms with E-state index in [9.17, 15) is 4.79 Å². The van der Waals surface area contributed by atoms with E-state index in [-0.39, 0.29) is 11.7 Å². The molecule has 1 aromatic heterocycles. The van der Waals surface area contributed by atoms with Crippen LogP contribution in [0.1, 0.15) is 23.3 Å². The predicted molar refractivity (Wildman–Crippen MR) is 53.1 cm³/mol. The van der Waals surface area contributed by atoms with Crippen LogP contribution in [0, 0.1) is 5.92 Å². The average molecular weight is 193 g/mol. The summed E-state index contributed by atoms with van der Waals surface area (Å²) in [6.07, 6.45) is 3.76. The van der Waals surface area contributed by atoms with Gasteiger partial charge in [0.15, 0.2) is 5.78 Å². The van der Waals surface area contributed by atoms with E-state index in [2.05, 4.69) is 10.4 Å². The Morgan fingerprint density at radius 3 is 3.14 bits per heavy atom. The fourth-order valence-electron chi connectivity index (χ4n) is 1.90. The number of hydrogen-bond donors (Lipinski definition) is 1. The van der Waals surface area contributed by atoms with Gasteiger partial charge in [0.05, 0.1) is 0 Å². The van der Waals surface area contributed by atoms with Crippen molar-refractivity contribution in [2.45, 2.75) is 12.8 Å². The van der Waals surface area contributed by atoms with Crippen LogP contribution >= 0.6 is 0 Å². The Hall–Kier alpha value is -1.16. The number of nitrogens with zero attached hydrogens (tertiary/aromatic N) is 2. The summed E-state index contributed by atoms with van der Waals surface area (Å²) in [4.78, 5) is 12.0. The van der Waals surface area contributed by atoms with Crippen molar-refractivity contribution in [2.75, 3.05) is 13.1 Å². The van der Waals surface area contributed by atoms with E-state index in [1.165, 1.54) is 0 Å². The molecule has 14 heavy (non-hydrogen) atoms. The van der Waals surface area contributed by atoms with Crippen molar-refractivity contribution in [3.63, 3.8) is 0 Å². The second kappa shape index (κ2) is 3.92. The van der Waals surface area contributed by atoms with Crippen LogP contribution in [-0.4, -0.2) is 28.7 Å². The molecule has 0 aromatic carbocycles. The minimum Gasteiger partial charge on any atom is -0.316 e. The van der Waals surface area contributed by atoms with Crippen LogP contribution in [0.25, 0.3) is 0 Å². The molecule has 1 aromatic rings. The number of aromatic nitrogens is 2. The van der Waals surface area contributed by atoms with E-state index in [1.807, 2.05) is 7.05 Å². The van der Waals surface area contributed by atoms with Crippen molar-refractivity contribution in [3.05, 3.63) is 18.0 Å². The lowest BCUT2D eigenvalue weighted by Crippen LogP contribution is -2.35. The SMILES string of the molecule is Cn1nccc1C(=O)C1CCCNC1. The predicted octanol–water partition coefficient (Wildman–Crippen LogP) is 0.602. The molecule has 0 aliphatic carbocycles. The number of carbonyl (C=O) groups excluding carboxylic acids is 1. The standard InChI is InChI=1S/C10H15N3O/c1-13-9(4-6-12-13)10(14)8-3-2-5-11-7-8/h4,6,8,11H,2-3,5,7H2,1H3. The van der Waals surface area contributed by atoms with Gasteiger partial charge >= 0.3 is 0 Å². The Bertz CT molecular complexity index is 326. The molecule has 76 valence electrons. The number of Topliss-reactive ketones (excluding diaryl/α,β-unsaturated/α-hetero) is 1. The summed E-state index contributed by atoms with van der Waals surface area (Å²) in [7, 11) is 1.81. The highest BCUT2D eigenvalue weighted by Crippen LogP contribution is 2.15. The largest absolute Gasteiger partial charge is 0.316 e. The summed E-state index contributed by atoms with van der Waals surface area (Å²) in [5.41, 5.74) is 0.721. The third kappa shape index (κ3) is 1.70. The minimum atomic E-state index is 0.138. The molecule has 1 aliphatic rings. The van der Waals surface area contributed by atoms with Gasteiger partial charge in [-0.1, -0.05) is 0 Å². The topological polar surface area (TPSA) is 46.9 Å². The second-order valence-electron chi connectivity index (χ2n) is 3.75. The van der Waals surface area contributed by atoms with Gasteiger partial charge in [-0.2, -0.15) is 5.10 Å². The monoisotopic (exact) mass is 193 g/mol. The van der Waals surface area contributed by atoms with Crippen molar-refractivity contribution in [2.24, 2.45) is 13.0 Å². The molecule has 1 aliphatic heterocycles. The van der Waals surface area contributed by atoms with Crippen molar-refractivity contribution in [1.82, 2.24) is 15.1 Å². The van der Waals surface area contributed by atoms with E-state index < -0.39 is 0 Å². The minimum absolute atomic E-state index is 0.138. The highest BCUT2D eigenvalue weighted by Gasteiger charge is 2.23. The van der Waals surface area contributed by atoms with Gasteiger partial charge in [0.25, 0.3) is 0 Å². The number of ketones is 1. The van der Waals surface area contributed by atoms with Crippen molar-refractivity contribution < 1.29 is 4.79 Å². The molecule has 1 atom stereocenters. The zero-order valence-corrected chi connectivity index (χ0v) is 8.36. The zero-order valence-electron chi connectivity index (χ0n) is 8.36. The summed E-state index contributed by atoms with van der Waals surface area (Å²) in [5.74, 6) is 0.358. The maximum Gasteiger partial charge on any atom is 0.185 e. The van der Waals surface area contributed by atoms with Crippen molar-refractivity contribution >= 4 is 5.78 Å². The Balaban J connectivity index is 2.11. The summed E-state index contributed by atoms with van der Waals surface area (Å²) in [5, 5.41) is 7.25. The van der Waals surface area contributed by atoms with Gasteiger partial charge in [-0.25, -0.2) is 0 Å². The first kappa shape index (κ1) is 9.40. The Kier molecular flexibility index (Phi) is 2.63. The average Bonchev–Trinajstić information content (AvgIpc) is 2.65.